The van der Waals surface area contributed by atoms with Crippen LogP contribution in [0.2, 0.25) is 0 Å². The van der Waals surface area contributed by atoms with Gasteiger partial charge in [0.1, 0.15) is 6.04 Å². The predicted octanol–water partition coefficient (Wildman–Crippen LogP) is 2.66. The van der Waals surface area contributed by atoms with Crippen molar-refractivity contribution in [3.63, 3.8) is 0 Å². The summed E-state index contributed by atoms with van der Waals surface area (Å²) in [5.41, 5.74) is -0.376. The largest absolute Gasteiger partial charge is 0.350 e. The van der Waals surface area contributed by atoms with E-state index in [0.29, 0.717) is 12.8 Å². The Morgan fingerprint density at radius 1 is 1.03 bits per heavy atom. The van der Waals surface area contributed by atoms with Crippen LogP contribution in [-0.2, 0) is 19.6 Å². The average Bonchev–Trinajstić information content (AvgIpc) is 2.72. The lowest BCUT2D eigenvalue weighted by molar-refractivity contribution is -0.132. The summed E-state index contributed by atoms with van der Waals surface area (Å²) in [6.07, 6.45) is 0.846. The highest BCUT2D eigenvalue weighted by Gasteiger charge is 2.33. The van der Waals surface area contributed by atoms with Gasteiger partial charge in [-0.05, 0) is 63.4 Å². The molecule has 0 aliphatic carbocycles. The van der Waals surface area contributed by atoms with Crippen molar-refractivity contribution in [2.45, 2.75) is 57.0 Å². The van der Waals surface area contributed by atoms with E-state index in [2.05, 4.69) is 10.6 Å². The molecule has 2 aromatic rings. The quantitative estimate of drug-likeness (QED) is 0.740. The number of sulfonamides is 1. The monoisotopic (exact) mass is 445 g/mol. The third-order valence-corrected chi connectivity index (χ3v) is 7.33. The van der Waals surface area contributed by atoms with Gasteiger partial charge in [0.15, 0.2) is 0 Å². The molecule has 1 fully saturated rings. The van der Waals surface area contributed by atoms with Crippen LogP contribution < -0.4 is 10.6 Å². The first kappa shape index (κ1) is 23.2. The molecular formula is C23H31N3O4S. The van der Waals surface area contributed by atoms with Crippen LogP contribution in [0.4, 0.5) is 0 Å². The van der Waals surface area contributed by atoms with Crippen LogP contribution in [0, 0.1) is 5.92 Å². The van der Waals surface area contributed by atoms with E-state index in [9.17, 15) is 18.0 Å². The lowest BCUT2D eigenvalue weighted by Gasteiger charge is -2.31. The van der Waals surface area contributed by atoms with E-state index in [1.165, 1.54) is 4.31 Å². The van der Waals surface area contributed by atoms with Crippen molar-refractivity contribution in [1.82, 2.24) is 14.9 Å². The van der Waals surface area contributed by atoms with Gasteiger partial charge in [-0.15, -0.1) is 0 Å². The summed E-state index contributed by atoms with van der Waals surface area (Å²) in [6, 6.07) is 12.1. The normalized spacial score (nSPS) is 17.3. The van der Waals surface area contributed by atoms with Gasteiger partial charge in [-0.3, -0.25) is 9.59 Å². The number of carbonyl (C=O) groups is 2. The van der Waals surface area contributed by atoms with E-state index in [1.54, 1.807) is 19.1 Å². The second-order valence-electron chi connectivity index (χ2n) is 9.16. The number of benzene rings is 2. The third-order valence-electron chi connectivity index (χ3n) is 5.43. The Kier molecular flexibility index (Phi) is 6.71. The minimum absolute atomic E-state index is 0.209. The molecule has 1 atom stereocenters. The fourth-order valence-corrected chi connectivity index (χ4v) is 5.22. The van der Waals surface area contributed by atoms with Gasteiger partial charge in [0.05, 0.1) is 4.90 Å². The summed E-state index contributed by atoms with van der Waals surface area (Å²) in [5, 5.41) is 7.46. The van der Waals surface area contributed by atoms with E-state index in [-0.39, 0.29) is 41.3 Å². The molecule has 3 rings (SSSR count). The van der Waals surface area contributed by atoms with Crippen molar-refractivity contribution in [2.75, 3.05) is 13.1 Å². The number of fused-ring (bicyclic) bond motifs is 1. The molecule has 2 amide bonds. The van der Waals surface area contributed by atoms with Gasteiger partial charge in [-0.25, -0.2) is 8.42 Å². The number of hydrogen-bond acceptors (Lipinski definition) is 4. The highest BCUT2D eigenvalue weighted by atomic mass is 32.2. The van der Waals surface area contributed by atoms with Crippen molar-refractivity contribution in [2.24, 2.45) is 5.92 Å². The van der Waals surface area contributed by atoms with Crippen LogP contribution in [0.3, 0.4) is 0 Å². The first-order valence-corrected chi connectivity index (χ1v) is 12.0. The summed E-state index contributed by atoms with van der Waals surface area (Å²) >= 11 is 0. The highest BCUT2D eigenvalue weighted by molar-refractivity contribution is 7.89. The molecule has 1 unspecified atom stereocenters. The minimum Gasteiger partial charge on any atom is -0.350 e. The number of hydrogen-bond donors (Lipinski definition) is 2. The van der Waals surface area contributed by atoms with Gasteiger partial charge < -0.3 is 10.6 Å². The number of nitrogens with one attached hydrogen (secondary N) is 2. The standard InChI is InChI=1S/C23H31N3O4S/c1-16(21(27)25-23(2,3)4)24-22(28)18-11-13-26(14-12-18)31(29,30)20-10-9-17-7-5-6-8-19(17)15-20/h5-10,15-16,18H,11-14H2,1-4H3,(H,24,28)(H,25,27). The molecule has 8 heteroatoms. The first-order valence-electron chi connectivity index (χ1n) is 10.6. The van der Waals surface area contributed by atoms with Gasteiger partial charge in [-0.1, -0.05) is 30.3 Å². The fourth-order valence-electron chi connectivity index (χ4n) is 3.71. The van der Waals surface area contributed by atoms with E-state index in [0.717, 1.165) is 10.8 Å². The number of rotatable bonds is 5. The van der Waals surface area contributed by atoms with Crippen LogP contribution in [0.15, 0.2) is 47.4 Å². The zero-order valence-electron chi connectivity index (χ0n) is 18.5. The van der Waals surface area contributed by atoms with Gasteiger partial charge >= 0.3 is 0 Å². The molecule has 1 aliphatic rings. The Hall–Kier alpha value is -2.45. The molecule has 2 aromatic carbocycles. The summed E-state index contributed by atoms with van der Waals surface area (Å²) in [4.78, 5) is 25.1. The maximum Gasteiger partial charge on any atom is 0.243 e. The molecule has 1 heterocycles. The lowest BCUT2D eigenvalue weighted by Crippen LogP contribution is -2.52. The zero-order valence-corrected chi connectivity index (χ0v) is 19.3. The molecule has 0 aromatic heterocycles. The topological polar surface area (TPSA) is 95.6 Å². The summed E-state index contributed by atoms with van der Waals surface area (Å²) in [5.74, 6) is -0.760. The molecular weight excluding hydrogens is 414 g/mol. The molecule has 168 valence electrons. The zero-order chi connectivity index (χ0) is 22.8. The van der Waals surface area contributed by atoms with Gasteiger partial charge in [0.2, 0.25) is 21.8 Å². The van der Waals surface area contributed by atoms with Crippen molar-refractivity contribution in [3.8, 4) is 0 Å². The molecule has 0 bridgehead atoms. The van der Waals surface area contributed by atoms with Crippen LogP contribution in [0.5, 0.6) is 0 Å². The molecule has 7 nitrogen and oxygen atoms in total. The van der Waals surface area contributed by atoms with Crippen molar-refractivity contribution < 1.29 is 18.0 Å². The van der Waals surface area contributed by atoms with Crippen molar-refractivity contribution >= 4 is 32.6 Å². The fraction of sp³-hybridized carbons (Fsp3) is 0.478. The highest BCUT2D eigenvalue weighted by Crippen LogP contribution is 2.26. The summed E-state index contributed by atoms with van der Waals surface area (Å²) in [6.45, 7) is 7.84. The average molecular weight is 446 g/mol. The molecule has 2 N–H and O–H groups in total. The maximum atomic E-state index is 13.1. The number of amides is 2. The van der Waals surface area contributed by atoms with Crippen LogP contribution in [0.1, 0.15) is 40.5 Å². The Morgan fingerprint density at radius 2 is 1.65 bits per heavy atom. The molecule has 0 spiro atoms. The number of nitrogens with zero attached hydrogens (tertiary/aromatic N) is 1. The molecule has 31 heavy (non-hydrogen) atoms. The van der Waals surface area contributed by atoms with Crippen LogP contribution in [0.25, 0.3) is 10.8 Å². The van der Waals surface area contributed by atoms with Crippen molar-refractivity contribution in [3.05, 3.63) is 42.5 Å². The summed E-state index contributed by atoms with van der Waals surface area (Å²) < 4.78 is 27.6. The van der Waals surface area contributed by atoms with Gasteiger partial charge in [-0.2, -0.15) is 4.31 Å². The van der Waals surface area contributed by atoms with Gasteiger partial charge in [0, 0.05) is 24.5 Å². The smallest absolute Gasteiger partial charge is 0.243 e. The summed E-state index contributed by atoms with van der Waals surface area (Å²) in [7, 11) is -3.62. The van der Waals surface area contributed by atoms with E-state index in [4.69, 9.17) is 0 Å². The molecule has 0 saturated carbocycles. The molecule has 0 radical (unpaired) electrons. The second kappa shape index (κ2) is 8.96. The Balaban J connectivity index is 1.60. The van der Waals surface area contributed by atoms with Crippen LogP contribution >= 0.6 is 0 Å². The van der Waals surface area contributed by atoms with Crippen molar-refractivity contribution in [1.29, 1.82) is 0 Å². The maximum absolute atomic E-state index is 13.1. The number of piperidine rings is 1. The van der Waals surface area contributed by atoms with E-state index in [1.807, 2.05) is 51.1 Å². The third kappa shape index (κ3) is 5.62. The second-order valence-corrected chi connectivity index (χ2v) is 11.1. The lowest BCUT2D eigenvalue weighted by atomic mass is 9.97. The van der Waals surface area contributed by atoms with E-state index < -0.39 is 16.1 Å². The number of carbonyl (C=O) groups excluding carboxylic acids is 2. The van der Waals surface area contributed by atoms with Gasteiger partial charge in [0.25, 0.3) is 0 Å². The SMILES string of the molecule is CC(NC(=O)C1CCN(S(=O)(=O)c2ccc3ccccc3c2)CC1)C(=O)NC(C)(C)C. The first-order chi connectivity index (χ1) is 14.5. The molecule has 1 saturated heterocycles. The van der Waals surface area contributed by atoms with Crippen LogP contribution in [-0.4, -0.2) is 49.2 Å². The minimum atomic E-state index is -3.62. The predicted molar refractivity (Wildman–Crippen MR) is 121 cm³/mol. The Morgan fingerprint density at radius 3 is 2.26 bits per heavy atom. The Bertz CT molecular complexity index is 1070. The molecule has 1 aliphatic heterocycles. The Labute approximate surface area is 184 Å². The van der Waals surface area contributed by atoms with E-state index >= 15 is 0 Å².